The monoisotopic (exact) mass is 247 g/mol. The summed E-state index contributed by atoms with van der Waals surface area (Å²) in [5.74, 6) is -3.14. The quantitative estimate of drug-likeness (QED) is 0.798. The highest BCUT2D eigenvalue weighted by Crippen LogP contribution is 2.44. The third-order valence-corrected chi connectivity index (χ3v) is 2.89. The van der Waals surface area contributed by atoms with Crippen molar-refractivity contribution in [3.8, 4) is 0 Å². The highest BCUT2D eigenvalue weighted by molar-refractivity contribution is 5.24. The lowest BCUT2D eigenvalue weighted by Crippen LogP contribution is -2.45. The van der Waals surface area contributed by atoms with Crippen molar-refractivity contribution in [2.75, 3.05) is 0 Å². The van der Waals surface area contributed by atoms with Crippen LogP contribution < -0.4 is 5.48 Å². The van der Waals surface area contributed by atoms with Crippen molar-refractivity contribution < 1.29 is 23.1 Å². The zero-order valence-electron chi connectivity index (χ0n) is 9.08. The Bertz CT molecular complexity index is 409. The molecule has 1 aliphatic rings. The fourth-order valence-electron chi connectivity index (χ4n) is 1.87. The normalized spacial score (nSPS) is 33.9. The molecule has 2 N–H and O–H groups in total. The van der Waals surface area contributed by atoms with Crippen molar-refractivity contribution in [3.05, 3.63) is 35.9 Å². The number of halogens is 3. The van der Waals surface area contributed by atoms with Gasteiger partial charge in [-0.15, -0.1) is 0 Å². The molecule has 0 saturated carbocycles. The van der Waals surface area contributed by atoms with Gasteiger partial charge in [0.15, 0.2) is 0 Å². The van der Waals surface area contributed by atoms with E-state index in [9.17, 15) is 18.3 Å². The topological polar surface area (TPSA) is 41.5 Å². The summed E-state index contributed by atoms with van der Waals surface area (Å²) in [6.07, 6.45) is -5.42. The molecule has 1 aliphatic heterocycles. The smallest absolute Gasteiger partial charge is 0.357 e. The fraction of sp³-hybridized carbons (Fsp3) is 0.455. The number of hydrogen-bond donors (Lipinski definition) is 2. The van der Waals surface area contributed by atoms with E-state index in [1.807, 2.05) is 0 Å². The molecule has 0 aliphatic carbocycles. The summed E-state index contributed by atoms with van der Waals surface area (Å²) < 4.78 is 37.8. The molecule has 17 heavy (non-hydrogen) atoms. The summed E-state index contributed by atoms with van der Waals surface area (Å²) >= 11 is 0. The summed E-state index contributed by atoms with van der Waals surface area (Å²) in [6.45, 7) is 1.55. The molecule has 2 atom stereocenters. The van der Waals surface area contributed by atoms with E-state index in [0.29, 0.717) is 5.56 Å². The Morgan fingerprint density at radius 3 is 2.35 bits per heavy atom. The standard InChI is InChI=1S/C11H12F3NO2/c1-9(8-5-3-2-4-6-8)7-10(16,17-15-9)11(12,13)14/h2-6,15-16H,7H2,1H3/t9-,10-/m0/s1. The number of nitrogens with one attached hydrogen (secondary N) is 1. The van der Waals surface area contributed by atoms with Gasteiger partial charge in [0, 0.05) is 6.42 Å². The van der Waals surface area contributed by atoms with Crippen LogP contribution in [0.15, 0.2) is 30.3 Å². The maximum absolute atomic E-state index is 12.6. The Hall–Kier alpha value is -1.11. The van der Waals surface area contributed by atoms with Crippen molar-refractivity contribution >= 4 is 0 Å². The van der Waals surface area contributed by atoms with Crippen molar-refractivity contribution in [1.29, 1.82) is 0 Å². The Balaban J connectivity index is 2.28. The highest BCUT2D eigenvalue weighted by atomic mass is 19.4. The summed E-state index contributed by atoms with van der Waals surface area (Å²) in [4.78, 5) is 4.36. The second-order valence-corrected chi connectivity index (χ2v) is 4.36. The van der Waals surface area contributed by atoms with Crippen LogP contribution in [0.1, 0.15) is 18.9 Å². The first-order valence-corrected chi connectivity index (χ1v) is 5.07. The molecule has 0 amide bonds. The molecule has 0 unspecified atom stereocenters. The molecule has 0 bridgehead atoms. The minimum Gasteiger partial charge on any atom is -0.357 e. The lowest BCUT2D eigenvalue weighted by molar-refractivity contribution is -0.361. The second kappa shape index (κ2) is 3.69. The second-order valence-electron chi connectivity index (χ2n) is 4.36. The molecule has 6 heteroatoms. The van der Waals surface area contributed by atoms with Crippen LogP contribution in [0.3, 0.4) is 0 Å². The third kappa shape index (κ3) is 2.03. The van der Waals surface area contributed by atoms with Gasteiger partial charge in [-0.3, -0.25) is 4.84 Å². The number of rotatable bonds is 1. The van der Waals surface area contributed by atoms with Crippen LogP contribution in [0.5, 0.6) is 0 Å². The Kier molecular flexibility index (Phi) is 2.68. The van der Waals surface area contributed by atoms with Gasteiger partial charge in [0.2, 0.25) is 0 Å². The van der Waals surface area contributed by atoms with Crippen molar-refractivity contribution in [1.82, 2.24) is 5.48 Å². The Morgan fingerprint density at radius 1 is 1.29 bits per heavy atom. The van der Waals surface area contributed by atoms with Gasteiger partial charge in [0.25, 0.3) is 5.79 Å². The van der Waals surface area contributed by atoms with Crippen molar-refractivity contribution in [2.45, 2.75) is 30.8 Å². The number of hydrogen-bond acceptors (Lipinski definition) is 3. The van der Waals surface area contributed by atoms with Gasteiger partial charge in [-0.2, -0.15) is 18.7 Å². The zero-order valence-corrected chi connectivity index (χ0v) is 9.08. The van der Waals surface area contributed by atoms with Gasteiger partial charge < -0.3 is 5.11 Å². The number of alkyl halides is 3. The van der Waals surface area contributed by atoms with Gasteiger partial charge in [-0.25, -0.2) is 0 Å². The predicted octanol–water partition coefficient (Wildman–Crippen LogP) is 2.08. The van der Waals surface area contributed by atoms with Crippen LogP contribution in [0.2, 0.25) is 0 Å². The molecule has 2 rings (SSSR count). The lowest BCUT2D eigenvalue weighted by atomic mass is 9.87. The van der Waals surface area contributed by atoms with E-state index in [0.717, 1.165) is 0 Å². The molecule has 0 spiro atoms. The molecular formula is C11H12F3NO2. The molecule has 1 aromatic carbocycles. The largest absolute Gasteiger partial charge is 0.444 e. The SMILES string of the molecule is C[C@@]1(c2ccccc2)C[C@@](O)(C(F)(F)F)ON1. The fourth-order valence-corrected chi connectivity index (χ4v) is 1.87. The van der Waals surface area contributed by atoms with Gasteiger partial charge in [0.1, 0.15) is 0 Å². The minimum absolute atomic E-state index is 0.590. The van der Waals surface area contributed by atoms with E-state index in [1.54, 1.807) is 37.3 Å². The molecular weight excluding hydrogens is 235 g/mol. The number of benzene rings is 1. The van der Waals surface area contributed by atoms with Gasteiger partial charge in [-0.05, 0) is 12.5 Å². The first-order valence-electron chi connectivity index (χ1n) is 5.07. The zero-order chi connectivity index (χ0) is 12.7. The van der Waals surface area contributed by atoms with Gasteiger partial charge in [-0.1, -0.05) is 30.3 Å². The van der Waals surface area contributed by atoms with Crippen LogP contribution in [-0.4, -0.2) is 17.1 Å². The van der Waals surface area contributed by atoms with Crippen molar-refractivity contribution in [2.24, 2.45) is 0 Å². The van der Waals surface area contributed by atoms with E-state index in [4.69, 9.17) is 0 Å². The van der Waals surface area contributed by atoms with Crippen LogP contribution >= 0.6 is 0 Å². The Morgan fingerprint density at radius 2 is 1.88 bits per heavy atom. The van der Waals surface area contributed by atoms with E-state index < -0.39 is 23.9 Å². The van der Waals surface area contributed by atoms with E-state index >= 15 is 0 Å². The highest BCUT2D eigenvalue weighted by Gasteiger charge is 2.63. The predicted molar refractivity (Wildman–Crippen MR) is 53.6 cm³/mol. The summed E-state index contributed by atoms with van der Waals surface area (Å²) in [5.41, 5.74) is 1.84. The molecule has 1 heterocycles. The maximum atomic E-state index is 12.6. The average molecular weight is 247 g/mol. The van der Waals surface area contributed by atoms with Crippen molar-refractivity contribution in [3.63, 3.8) is 0 Å². The number of aliphatic hydroxyl groups is 1. The molecule has 1 saturated heterocycles. The van der Waals surface area contributed by atoms with Crippen LogP contribution in [0, 0.1) is 0 Å². The lowest BCUT2D eigenvalue weighted by Gasteiger charge is -2.25. The first-order chi connectivity index (χ1) is 7.77. The molecule has 94 valence electrons. The average Bonchev–Trinajstić information content (AvgIpc) is 2.58. The molecule has 3 nitrogen and oxygen atoms in total. The van der Waals surface area contributed by atoms with E-state index in [1.165, 1.54) is 0 Å². The molecule has 1 fully saturated rings. The van der Waals surface area contributed by atoms with Gasteiger partial charge in [0.05, 0.1) is 5.54 Å². The van der Waals surface area contributed by atoms with Gasteiger partial charge >= 0.3 is 6.18 Å². The van der Waals surface area contributed by atoms with Crippen LogP contribution in [0.4, 0.5) is 13.2 Å². The summed E-state index contributed by atoms with van der Waals surface area (Å²) in [5, 5.41) is 9.42. The molecule has 0 radical (unpaired) electrons. The maximum Gasteiger partial charge on any atom is 0.444 e. The Labute approximate surface area is 96.2 Å². The molecule has 0 aromatic heterocycles. The number of hydroxylamine groups is 1. The van der Waals surface area contributed by atoms with E-state index in [-0.39, 0.29) is 0 Å². The third-order valence-electron chi connectivity index (χ3n) is 2.89. The van der Waals surface area contributed by atoms with Crippen LogP contribution in [-0.2, 0) is 10.4 Å². The summed E-state index contributed by atoms with van der Waals surface area (Å²) in [6, 6.07) is 8.55. The summed E-state index contributed by atoms with van der Waals surface area (Å²) in [7, 11) is 0. The van der Waals surface area contributed by atoms with E-state index in [2.05, 4.69) is 10.3 Å². The van der Waals surface area contributed by atoms with Crippen LogP contribution in [0.25, 0.3) is 0 Å². The first kappa shape index (κ1) is 12.3. The molecule has 1 aromatic rings. The minimum atomic E-state index is -4.83.